The van der Waals surface area contributed by atoms with Crippen molar-refractivity contribution in [3.8, 4) is 0 Å². The minimum Gasteiger partial charge on any atom is -0.413 e. The first kappa shape index (κ1) is 31.2. The van der Waals surface area contributed by atoms with Crippen LogP contribution >= 0.6 is 15.9 Å². The van der Waals surface area contributed by atoms with E-state index >= 15 is 0 Å². The monoisotopic (exact) mass is 610 g/mol. The Labute approximate surface area is 236 Å². The molecular formula is C30H51BrO4Si2. The summed E-state index contributed by atoms with van der Waals surface area (Å²) in [7, 11) is -3.90. The first-order valence-corrected chi connectivity index (χ1v) is 20.6. The van der Waals surface area contributed by atoms with Crippen molar-refractivity contribution < 1.29 is 18.7 Å². The topological polar surface area (TPSA) is 47.9 Å². The minimum atomic E-state index is -1.96. The van der Waals surface area contributed by atoms with Crippen LogP contribution in [0.1, 0.15) is 66.4 Å². The van der Waals surface area contributed by atoms with Crippen molar-refractivity contribution in [3.63, 3.8) is 0 Å². The van der Waals surface area contributed by atoms with Gasteiger partial charge in [0, 0.05) is 16.8 Å². The second-order valence-electron chi connectivity index (χ2n) is 14.2. The third kappa shape index (κ3) is 7.89. The molecule has 0 spiro atoms. The maximum Gasteiger partial charge on any atom is 0.192 e. The van der Waals surface area contributed by atoms with Gasteiger partial charge in [-0.1, -0.05) is 81.8 Å². The second-order valence-corrected chi connectivity index (χ2v) is 24.7. The van der Waals surface area contributed by atoms with Crippen LogP contribution in [0.4, 0.5) is 0 Å². The number of rotatable bonds is 9. The number of halogens is 1. The van der Waals surface area contributed by atoms with Crippen LogP contribution in [0.3, 0.4) is 0 Å². The fraction of sp³-hybridized carbons (Fsp3) is 0.733. The molecule has 2 fully saturated rings. The maximum absolute atomic E-state index is 10.2. The molecule has 1 saturated carbocycles. The largest absolute Gasteiger partial charge is 0.413 e. The molecule has 2 aliphatic rings. The molecule has 1 aromatic carbocycles. The van der Waals surface area contributed by atoms with E-state index in [9.17, 15) is 5.11 Å². The highest BCUT2D eigenvalue weighted by Crippen LogP contribution is 2.48. The normalized spacial score (nSPS) is 28.2. The number of aliphatic hydroxyl groups excluding tert-OH is 1. The number of hydrogen-bond donors (Lipinski definition) is 1. The van der Waals surface area contributed by atoms with E-state index in [1.165, 1.54) is 5.56 Å². The van der Waals surface area contributed by atoms with Crippen LogP contribution in [0.15, 0.2) is 40.9 Å². The van der Waals surface area contributed by atoms with Gasteiger partial charge in [0.2, 0.25) is 0 Å². The predicted octanol–water partition coefficient (Wildman–Crippen LogP) is 8.46. The number of hydrogen-bond acceptors (Lipinski definition) is 4. The maximum atomic E-state index is 10.2. The summed E-state index contributed by atoms with van der Waals surface area (Å²) in [6.45, 7) is 23.1. The van der Waals surface area contributed by atoms with E-state index in [4.69, 9.17) is 13.6 Å². The molecule has 0 bridgehead atoms. The van der Waals surface area contributed by atoms with Crippen molar-refractivity contribution in [2.45, 2.75) is 128 Å². The smallest absolute Gasteiger partial charge is 0.192 e. The predicted molar refractivity (Wildman–Crippen MR) is 163 cm³/mol. The van der Waals surface area contributed by atoms with Gasteiger partial charge in [-0.25, -0.2) is 0 Å². The highest BCUT2D eigenvalue weighted by molar-refractivity contribution is 9.10. The molecule has 210 valence electrons. The molecule has 3 rings (SSSR count). The van der Waals surface area contributed by atoms with E-state index in [2.05, 4.69) is 120 Å². The van der Waals surface area contributed by atoms with Gasteiger partial charge in [0.1, 0.15) is 0 Å². The average Bonchev–Trinajstić information content (AvgIpc) is 3.24. The van der Waals surface area contributed by atoms with Gasteiger partial charge in [0.25, 0.3) is 0 Å². The Balaban J connectivity index is 1.84. The highest BCUT2D eigenvalue weighted by atomic mass is 79.9. The van der Waals surface area contributed by atoms with E-state index in [0.717, 1.165) is 23.7 Å². The third-order valence-electron chi connectivity index (χ3n) is 9.35. The van der Waals surface area contributed by atoms with Crippen LogP contribution in [0, 0.1) is 11.8 Å². The molecule has 0 radical (unpaired) electrons. The molecule has 1 saturated heterocycles. The first-order valence-electron chi connectivity index (χ1n) is 14.0. The van der Waals surface area contributed by atoms with Crippen LogP contribution in [-0.2, 0) is 20.0 Å². The quantitative estimate of drug-likeness (QED) is 0.225. The summed E-state index contributed by atoms with van der Waals surface area (Å²) in [4.78, 5) is 0. The van der Waals surface area contributed by atoms with Gasteiger partial charge >= 0.3 is 0 Å². The van der Waals surface area contributed by atoms with Crippen LogP contribution in [-0.4, -0.2) is 46.3 Å². The zero-order valence-electron chi connectivity index (χ0n) is 24.8. The molecule has 7 heteroatoms. The van der Waals surface area contributed by atoms with E-state index in [1.807, 2.05) is 0 Å². The lowest BCUT2D eigenvalue weighted by Gasteiger charge is -2.40. The molecular weight excluding hydrogens is 560 g/mol. The van der Waals surface area contributed by atoms with Crippen LogP contribution < -0.4 is 0 Å². The van der Waals surface area contributed by atoms with Crippen molar-refractivity contribution in [3.05, 3.63) is 46.5 Å². The van der Waals surface area contributed by atoms with Crippen molar-refractivity contribution in [2.24, 2.45) is 11.8 Å². The minimum absolute atomic E-state index is 0.0457. The molecule has 37 heavy (non-hydrogen) atoms. The van der Waals surface area contributed by atoms with E-state index in [0.29, 0.717) is 12.3 Å². The summed E-state index contributed by atoms with van der Waals surface area (Å²) < 4.78 is 21.0. The molecule has 1 aliphatic carbocycles. The second kappa shape index (κ2) is 11.7. The molecule has 1 aromatic rings. The number of ether oxygens (including phenoxy) is 1. The van der Waals surface area contributed by atoms with Crippen molar-refractivity contribution in [1.82, 2.24) is 0 Å². The van der Waals surface area contributed by atoms with E-state index in [-0.39, 0.29) is 34.3 Å². The zero-order chi connectivity index (χ0) is 27.8. The summed E-state index contributed by atoms with van der Waals surface area (Å²) >= 11 is 3.55. The van der Waals surface area contributed by atoms with Gasteiger partial charge in [0.15, 0.2) is 22.9 Å². The molecule has 1 heterocycles. The van der Waals surface area contributed by atoms with Crippen molar-refractivity contribution in [1.29, 1.82) is 0 Å². The molecule has 6 atom stereocenters. The fourth-order valence-electron chi connectivity index (χ4n) is 4.95. The number of fused-ring (bicyclic) bond motifs is 1. The lowest BCUT2D eigenvalue weighted by Crippen LogP contribution is -2.45. The van der Waals surface area contributed by atoms with Gasteiger partial charge in [-0.3, -0.25) is 0 Å². The Morgan fingerprint density at radius 1 is 1.00 bits per heavy atom. The Hall–Kier alpha value is -0.286. The van der Waals surface area contributed by atoms with Crippen molar-refractivity contribution in [2.75, 3.05) is 0 Å². The Morgan fingerprint density at radius 2 is 1.59 bits per heavy atom. The van der Waals surface area contributed by atoms with Crippen LogP contribution in [0.25, 0.3) is 0 Å². The molecule has 0 amide bonds. The summed E-state index contributed by atoms with van der Waals surface area (Å²) in [5, 5.41) is 10.5. The summed E-state index contributed by atoms with van der Waals surface area (Å²) in [5.41, 5.74) is 1.33. The van der Waals surface area contributed by atoms with Gasteiger partial charge in [-0.15, -0.1) is 0 Å². The summed E-state index contributed by atoms with van der Waals surface area (Å²) in [6.07, 6.45) is 7.72. The summed E-state index contributed by atoms with van der Waals surface area (Å²) in [6, 6.07) is 8.61. The molecule has 1 unspecified atom stereocenters. The van der Waals surface area contributed by atoms with Gasteiger partial charge < -0.3 is 18.7 Å². The average molecular weight is 612 g/mol. The molecule has 1 N–H and O–H groups in total. The number of benzene rings is 1. The highest BCUT2D eigenvalue weighted by Gasteiger charge is 2.51. The molecule has 1 aliphatic heterocycles. The SMILES string of the molecule is CC(C)(C)[Si](C)(C)O[C@H](/C=C/[C@@H]1[C@H]2CC(O)O[C@H]2C[C@H]1O[Si](C)(C)C(C)(C)C)CCc1ccc(Br)cc1. The summed E-state index contributed by atoms with van der Waals surface area (Å²) in [5.74, 6) is 0.524. The van der Waals surface area contributed by atoms with Gasteiger partial charge in [-0.05, 0) is 79.1 Å². The van der Waals surface area contributed by atoms with Crippen LogP contribution in [0.5, 0.6) is 0 Å². The molecule has 0 aromatic heterocycles. The number of aliphatic hydroxyl groups is 1. The first-order chi connectivity index (χ1) is 16.9. The van der Waals surface area contributed by atoms with Crippen LogP contribution in [0.2, 0.25) is 36.3 Å². The van der Waals surface area contributed by atoms with E-state index < -0.39 is 22.9 Å². The van der Waals surface area contributed by atoms with E-state index in [1.54, 1.807) is 0 Å². The Kier molecular flexibility index (Phi) is 9.86. The standard InChI is InChI=1S/C30H51BrO4Si2/c1-29(2,3)36(7,8)34-23(16-13-21-11-14-22(31)15-12-21)17-18-24-25-19-28(32)33-26(25)20-27(24)35-37(9,10)30(4,5)6/h11-12,14-15,17-18,23-28,32H,13,16,19-20H2,1-10H3/b18-17+/t23-,24+,25+,26-,27+,28?/m0/s1. The Bertz CT molecular complexity index is 917. The number of aryl methyl sites for hydroxylation is 1. The van der Waals surface area contributed by atoms with Gasteiger partial charge in [0.05, 0.1) is 18.3 Å². The fourth-order valence-corrected chi connectivity index (χ4v) is 7.89. The Morgan fingerprint density at radius 3 is 2.16 bits per heavy atom. The van der Waals surface area contributed by atoms with Crippen molar-refractivity contribution >= 4 is 32.6 Å². The zero-order valence-corrected chi connectivity index (χ0v) is 28.4. The lowest BCUT2D eigenvalue weighted by molar-refractivity contribution is -0.0945. The lowest BCUT2D eigenvalue weighted by atomic mass is 9.91. The third-order valence-corrected chi connectivity index (χ3v) is 18.9. The molecule has 4 nitrogen and oxygen atoms in total. The van der Waals surface area contributed by atoms with Gasteiger partial charge in [-0.2, -0.15) is 0 Å².